The summed E-state index contributed by atoms with van der Waals surface area (Å²) >= 11 is 0. The van der Waals surface area contributed by atoms with Gasteiger partial charge in [0.1, 0.15) is 17.7 Å². The van der Waals surface area contributed by atoms with Gasteiger partial charge in [-0.2, -0.15) is 13.2 Å². The van der Waals surface area contributed by atoms with Crippen molar-refractivity contribution in [3.05, 3.63) is 64.5 Å². The number of aliphatic carboxylic acids is 1. The Hall–Kier alpha value is -2.61. The molecule has 1 N–H and O–H groups in total. The van der Waals surface area contributed by atoms with Gasteiger partial charge in [-0.3, -0.25) is 9.69 Å². The molecule has 0 amide bonds. The second-order valence-corrected chi connectivity index (χ2v) is 12.5. The van der Waals surface area contributed by atoms with Crippen molar-refractivity contribution in [1.82, 2.24) is 4.90 Å². The predicted molar refractivity (Wildman–Crippen MR) is 143 cm³/mol. The van der Waals surface area contributed by atoms with Gasteiger partial charge in [-0.05, 0) is 111 Å². The van der Waals surface area contributed by atoms with E-state index in [2.05, 4.69) is 23.1 Å². The Labute approximate surface area is 232 Å². The van der Waals surface area contributed by atoms with Crippen molar-refractivity contribution in [1.29, 1.82) is 0 Å². The van der Waals surface area contributed by atoms with Crippen LogP contribution in [0.3, 0.4) is 0 Å². The second-order valence-electron chi connectivity index (χ2n) is 12.5. The van der Waals surface area contributed by atoms with Crippen LogP contribution in [-0.4, -0.2) is 34.7 Å². The highest BCUT2D eigenvalue weighted by atomic mass is 19.4. The first-order chi connectivity index (χ1) is 19.0. The highest BCUT2D eigenvalue weighted by Crippen LogP contribution is 2.50. The lowest BCUT2D eigenvalue weighted by Gasteiger charge is -2.54. The summed E-state index contributed by atoms with van der Waals surface area (Å²) in [7, 11) is 0. The van der Waals surface area contributed by atoms with E-state index in [0.717, 1.165) is 80.0 Å². The zero-order valence-electron chi connectivity index (χ0n) is 23.0. The molecule has 2 saturated carbocycles. The van der Waals surface area contributed by atoms with E-state index in [-0.39, 0.29) is 23.6 Å². The number of benzene rings is 2. The fraction of sp³-hybridized carbons (Fsp3) is 0.594. The first-order valence-electron chi connectivity index (χ1n) is 14.7. The summed E-state index contributed by atoms with van der Waals surface area (Å²) in [6.07, 6.45) is 2.20. The van der Waals surface area contributed by atoms with Gasteiger partial charge >= 0.3 is 12.1 Å². The van der Waals surface area contributed by atoms with Gasteiger partial charge in [0.2, 0.25) is 0 Å². The number of ether oxygens (including phenoxy) is 1. The molecule has 0 aromatic heterocycles. The molecule has 0 spiro atoms. The number of carboxylic acid groups (broad SMARTS) is 1. The Bertz CT molecular complexity index is 1280. The molecule has 7 rings (SSSR count). The van der Waals surface area contributed by atoms with Gasteiger partial charge in [0, 0.05) is 24.5 Å². The number of carbonyl (C=O) groups is 1. The third-order valence-corrected chi connectivity index (χ3v) is 10.2. The minimum atomic E-state index is -4.53. The molecule has 2 aliphatic carbocycles. The van der Waals surface area contributed by atoms with Gasteiger partial charge in [-0.25, -0.2) is 4.39 Å². The minimum Gasteiger partial charge on any atom is -0.490 e. The average Bonchev–Trinajstić information content (AvgIpc) is 3.77. The third kappa shape index (κ3) is 5.12. The van der Waals surface area contributed by atoms with Crippen LogP contribution in [0.1, 0.15) is 86.6 Å². The molecule has 4 nitrogen and oxygen atoms in total. The molecule has 2 aromatic carbocycles. The molecule has 4 fully saturated rings. The molecule has 2 saturated heterocycles. The molecule has 8 heteroatoms. The number of aryl methyl sites for hydroxylation is 1. The molecule has 216 valence electrons. The largest absolute Gasteiger partial charge is 0.490 e. The Morgan fingerprint density at radius 2 is 1.82 bits per heavy atom. The third-order valence-electron chi connectivity index (χ3n) is 10.2. The number of carboxylic acids is 1. The quantitative estimate of drug-likeness (QED) is 0.355. The molecular formula is C32H37F4NO3. The molecule has 3 unspecified atom stereocenters. The Kier molecular flexibility index (Phi) is 7.12. The lowest BCUT2D eigenvalue weighted by Crippen LogP contribution is -2.56. The number of nitrogens with zero attached hydrogens (tertiary/aromatic N) is 1. The monoisotopic (exact) mass is 559 g/mol. The summed E-state index contributed by atoms with van der Waals surface area (Å²) in [6, 6.07) is 8.63. The van der Waals surface area contributed by atoms with Crippen molar-refractivity contribution in [2.75, 3.05) is 6.54 Å². The molecule has 40 heavy (non-hydrogen) atoms. The van der Waals surface area contributed by atoms with Crippen molar-refractivity contribution in [3.63, 3.8) is 0 Å². The van der Waals surface area contributed by atoms with E-state index in [9.17, 15) is 27.5 Å². The number of fused-ring (bicyclic) bond motifs is 4. The van der Waals surface area contributed by atoms with Crippen molar-refractivity contribution >= 4 is 5.97 Å². The van der Waals surface area contributed by atoms with Crippen molar-refractivity contribution in [2.45, 2.75) is 89.1 Å². The highest BCUT2D eigenvalue weighted by Gasteiger charge is 2.47. The SMILES string of the molecule is C[C@H](C(=O)O)[C@H](c1ccc2c(c1)OC(C1CC3CC[C@@H]1CN3[C@@H](C)c1cc(F)ccc1C(F)(F)F)CC2)C1CC1. The topological polar surface area (TPSA) is 49.8 Å². The maximum Gasteiger partial charge on any atom is 0.416 e. The Morgan fingerprint density at radius 3 is 2.48 bits per heavy atom. The van der Waals surface area contributed by atoms with Crippen LogP contribution in [0, 0.1) is 29.5 Å². The summed E-state index contributed by atoms with van der Waals surface area (Å²) in [4.78, 5) is 14.0. The van der Waals surface area contributed by atoms with Gasteiger partial charge in [0.15, 0.2) is 0 Å². The zero-order valence-corrected chi connectivity index (χ0v) is 23.0. The smallest absolute Gasteiger partial charge is 0.416 e. The van der Waals surface area contributed by atoms with Gasteiger partial charge in [0.05, 0.1) is 11.5 Å². The molecule has 0 radical (unpaired) electrons. The lowest BCUT2D eigenvalue weighted by atomic mass is 9.68. The average molecular weight is 560 g/mol. The summed E-state index contributed by atoms with van der Waals surface area (Å²) in [5, 5.41) is 9.69. The highest BCUT2D eigenvalue weighted by molar-refractivity contribution is 5.71. The van der Waals surface area contributed by atoms with E-state index in [1.165, 1.54) is 0 Å². The number of piperidine rings is 2. The molecule has 2 aromatic rings. The maximum atomic E-state index is 14.1. The van der Waals surface area contributed by atoms with E-state index in [4.69, 9.17) is 4.74 Å². The summed E-state index contributed by atoms with van der Waals surface area (Å²) in [6.45, 7) is 4.24. The number of rotatable bonds is 7. The fourth-order valence-electron chi connectivity index (χ4n) is 7.93. The Balaban J connectivity index is 1.19. The number of hydrogen-bond donors (Lipinski definition) is 1. The summed E-state index contributed by atoms with van der Waals surface area (Å²) < 4.78 is 61.9. The van der Waals surface area contributed by atoms with E-state index in [0.29, 0.717) is 24.3 Å². The zero-order chi connectivity index (χ0) is 28.3. The molecular weight excluding hydrogens is 522 g/mol. The predicted octanol–water partition coefficient (Wildman–Crippen LogP) is 7.61. The van der Waals surface area contributed by atoms with Gasteiger partial charge in [-0.1, -0.05) is 19.1 Å². The summed E-state index contributed by atoms with van der Waals surface area (Å²) in [5.74, 6) is -0.0158. The number of alkyl halides is 3. The second kappa shape index (κ2) is 10.3. The normalized spacial score (nSPS) is 28.9. The van der Waals surface area contributed by atoms with Crippen LogP contribution in [0.25, 0.3) is 0 Å². The number of hydrogen-bond acceptors (Lipinski definition) is 3. The van der Waals surface area contributed by atoms with Gasteiger partial charge < -0.3 is 9.84 Å². The minimum absolute atomic E-state index is 0.00720. The van der Waals surface area contributed by atoms with Crippen molar-refractivity contribution in [2.24, 2.45) is 23.7 Å². The standard InChI is InChI=1S/C32H37F4NO3/c1-17(31(38)39)30(20-4-5-20)21-6-3-19-8-12-28(40-29(19)13-21)26-15-24-10-7-22(26)16-37(24)18(2)25-14-23(33)9-11-27(25)32(34,35)36/h3,6,9,11,13-14,17-18,20,22,24,26,28,30H,4-5,7-8,10,12,15-16H2,1-2H3,(H,38,39)/t17-,18-,22+,24?,26?,28?,30-/m0/s1. The van der Waals surface area contributed by atoms with Crippen LogP contribution < -0.4 is 4.74 Å². The van der Waals surface area contributed by atoms with Crippen LogP contribution in [0.15, 0.2) is 36.4 Å². The van der Waals surface area contributed by atoms with Crippen LogP contribution in [0.4, 0.5) is 17.6 Å². The van der Waals surface area contributed by atoms with Crippen molar-refractivity contribution in [3.8, 4) is 5.75 Å². The van der Waals surface area contributed by atoms with Crippen LogP contribution in [0.5, 0.6) is 5.75 Å². The van der Waals surface area contributed by atoms with Crippen LogP contribution >= 0.6 is 0 Å². The van der Waals surface area contributed by atoms with E-state index in [1.807, 2.05) is 0 Å². The van der Waals surface area contributed by atoms with E-state index >= 15 is 0 Å². The summed E-state index contributed by atoms with van der Waals surface area (Å²) in [5.41, 5.74) is 1.44. The molecule has 3 heterocycles. The molecule has 7 atom stereocenters. The van der Waals surface area contributed by atoms with E-state index < -0.39 is 35.5 Å². The lowest BCUT2D eigenvalue weighted by molar-refractivity contribution is -0.142. The first-order valence-corrected chi connectivity index (χ1v) is 14.7. The Morgan fingerprint density at radius 1 is 1.05 bits per heavy atom. The van der Waals surface area contributed by atoms with Crippen LogP contribution in [-0.2, 0) is 17.4 Å². The first kappa shape index (κ1) is 27.6. The van der Waals surface area contributed by atoms with E-state index in [1.54, 1.807) is 13.8 Å². The fourth-order valence-corrected chi connectivity index (χ4v) is 7.93. The van der Waals surface area contributed by atoms with Crippen molar-refractivity contribution < 1.29 is 32.2 Å². The number of halogens is 4. The molecule has 3 aliphatic heterocycles. The van der Waals surface area contributed by atoms with Gasteiger partial charge in [0.25, 0.3) is 0 Å². The molecule has 2 bridgehead atoms. The maximum absolute atomic E-state index is 14.1. The van der Waals surface area contributed by atoms with Crippen LogP contribution in [0.2, 0.25) is 0 Å². The molecule has 5 aliphatic rings. The van der Waals surface area contributed by atoms with Gasteiger partial charge in [-0.15, -0.1) is 0 Å².